The van der Waals surface area contributed by atoms with Crippen molar-refractivity contribution in [2.45, 2.75) is 44.7 Å². The highest BCUT2D eigenvalue weighted by molar-refractivity contribution is 5.86. The van der Waals surface area contributed by atoms with Crippen molar-refractivity contribution in [3.63, 3.8) is 0 Å². The van der Waals surface area contributed by atoms with Crippen molar-refractivity contribution in [2.24, 2.45) is 5.73 Å². The summed E-state index contributed by atoms with van der Waals surface area (Å²) in [6.45, 7) is 3.41. The lowest BCUT2D eigenvalue weighted by Gasteiger charge is -2.39. The second kappa shape index (κ2) is 8.57. The smallest absolute Gasteiger partial charge is 0.312 e. The van der Waals surface area contributed by atoms with Gasteiger partial charge in [0.25, 0.3) is 0 Å². The van der Waals surface area contributed by atoms with Gasteiger partial charge in [0.2, 0.25) is 5.91 Å². The van der Waals surface area contributed by atoms with Crippen LogP contribution in [0.4, 0.5) is 10.5 Å². The van der Waals surface area contributed by atoms with E-state index in [1.54, 1.807) is 0 Å². The van der Waals surface area contributed by atoms with E-state index in [0.29, 0.717) is 25.6 Å². The molecule has 0 bridgehead atoms. The van der Waals surface area contributed by atoms with Crippen molar-refractivity contribution in [3.8, 4) is 0 Å². The van der Waals surface area contributed by atoms with E-state index >= 15 is 0 Å². The maximum absolute atomic E-state index is 12.6. The van der Waals surface area contributed by atoms with Crippen LogP contribution in [0.25, 0.3) is 0 Å². The van der Waals surface area contributed by atoms with Gasteiger partial charge in [0.1, 0.15) is 6.04 Å². The van der Waals surface area contributed by atoms with Crippen molar-refractivity contribution in [3.05, 3.63) is 30.3 Å². The number of nitrogens with two attached hydrogens (primary N) is 1. The Morgan fingerprint density at radius 1 is 1.29 bits per heavy atom. The molecule has 1 saturated heterocycles. The summed E-state index contributed by atoms with van der Waals surface area (Å²) in [5.41, 5.74) is 6.39. The van der Waals surface area contributed by atoms with E-state index in [4.69, 9.17) is 5.73 Å². The quantitative estimate of drug-likeness (QED) is 0.836. The lowest BCUT2D eigenvalue weighted by Crippen LogP contribution is -2.53. The third-order valence-electron chi connectivity index (χ3n) is 4.68. The van der Waals surface area contributed by atoms with Crippen LogP contribution in [-0.2, 0) is 4.79 Å². The Balaban J connectivity index is 1.91. The van der Waals surface area contributed by atoms with Crippen molar-refractivity contribution in [1.82, 2.24) is 10.2 Å². The first-order valence-corrected chi connectivity index (χ1v) is 8.65. The minimum absolute atomic E-state index is 0.0172. The third kappa shape index (κ3) is 4.63. The van der Waals surface area contributed by atoms with Gasteiger partial charge in [-0.15, -0.1) is 0 Å². The number of nitrogens with one attached hydrogen (secondary N) is 1. The largest absolute Gasteiger partial charge is 0.371 e. The maximum atomic E-state index is 12.6. The molecule has 0 saturated carbocycles. The number of urea groups is 1. The zero-order chi connectivity index (χ0) is 17.5. The molecule has 24 heavy (non-hydrogen) atoms. The molecular weight excluding hydrogens is 304 g/mol. The third-order valence-corrected chi connectivity index (χ3v) is 4.68. The Kier molecular flexibility index (Phi) is 6.46. The second-order valence-electron chi connectivity index (χ2n) is 6.35. The molecule has 1 heterocycles. The highest BCUT2D eigenvalue weighted by Crippen LogP contribution is 2.22. The Bertz CT molecular complexity index is 541. The van der Waals surface area contributed by atoms with E-state index in [1.165, 1.54) is 5.69 Å². The Morgan fingerprint density at radius 3 is 2.46 bits per heavy atom. The summed E-state index contributed by atoms with van der Waals surface area (Å²) in [6.07, 6.45) is 3.29. The molecule has 1 aliphatic heterocycles. The van der Waals surface area contributed by atoms with Gasteiger partial charge in [0.15, 0.2) is 0 Å². The van der Waals surface area contributed by atoms with Gasteiger partial charge in [-0.1, -0.05) is 31.5 Å². The molecule has 0 aromatic heterocycles. The topological polar surface area (TPSA) is 78.7 Å². The van der Waals surface area contributed by atoms with E-state index in [2.05, 4.69) is 29.4 Å². The molecule has 3 N–H and O–H groups in total. The van der Waals surface area contributed by atoms with E-state index in [9.17, 15) is 9.59 Å². The summed E-state index contributed by atoms with van der Waals surface area (Å²) < 4.78 is 0. The molecule has 3 amide bonds. The van der Waals surface area contributed by atoms with Gasteiger partial charge in [0.05, 0.1) is 0 Å². The van der Waals surface area contributed by atoms with Crippen LogP contribution in [0.5, 0.6) is 0 Å². The van der Waals surface area contributed by atoms with E-state index in [0.717, 1.165) is 19.3 Å². The van der Waals surface area contributed by atoms with Gasteiger partial charge >= 0.3 is 6.03 Å². The fourth-order valence-corrected chi connectivity index (χ4v) is 3.29. The van der Waals surface area contributed by atoms with Gasteiger partial charge in [-0.2, -0.15) is 0 Å². The number of likely N-dealkylation sites (tertiary alicyclic amines) is 1. The Hall–Kier alpha value is -2.24. The minimum atomic E-state index is -0.638. The van der Waals surface area contributed by atoms with Crippen LogP contribution >= 0.6 is 0 Å². The first-order valence-electron chi connectivity index (χ1n) is 8.65. The summed E-state index contributed by atoms with van der Waals surface area (Å²) in [5.74, 6) is -0.0172. The summed E-state index contributed by atoms with van der Waals surface area (Å²) in [5, 5.41) is 2.57. The van der Waals surface area contributed by atoms with Crippen LogP contribution in [0.15, 0.2) is 30.3 Å². The highest BCUT2D eigenvalue weighted by Gasteiger charge is 2.29. The first-order chi connectivity index (χ1) is 11.5. The first kappa shape index (κ1) is 18.1. The highest BCUT2D eigenvalue weighted by atomic mass is 16.2. The molecule has 0 unspecified atom stereocenters. The van der Waals surface area contributed by atoms with Crippen LogP contribution in [0.1, 0.15) is 32.6 Å². The number of para-hydroxylation sites is 1. The molecule has 1 aromatic rings. The lowest BCUT2D eigenvalue weighted by molar-refractivity contribution is -0.134. The van der Waals surface area contributed by atoms with Crippen LogP contribution in [0.3, 0.4) is 0 Å². The number of hydrogen-bond donors (Lipinski definition) is 2. The number of piperidine rings is 1. The number of benzene rings is 1. The van der Waals surface area contributed by atoms with E-state index in [-0.39, 0.29) is 5.91 Å². The Labute approximate surface area is 144 Å². The zero-order valence-corrected chi connectivity index (χ0v) is 14.6. The SMILES string of the molecule is CCC[C@@H](NC(N)=O)C(=O)N1CCC(N(C)c2ccccc2)CC1. The summed E-state index contributed by atoms with van der Waals surface area (Å²) >= 11 is 0. The summed E-state index contributed by atoms with van der Waals surface area (Å²) in [4.78, 5) is 27.9. The number of rotatable bonds is 6. The molecule has 0 aliphatic carbocycles. The van der Waals surface area contributed by atoms with E-state index < -0.39 is 12.1 Å². The predicted molar refractivity (Wildman–Crippen MR) is 95.9 cm³/mol. The van der Waals surface area contributed by atoms with Crippen molar-refractivity contribution in [2.75, 3.05) is 25.0 Å². The molecular formula is C18H28N4O2. The average molecular weight is 332 g/mol. The molecule has 1 atom stereocenters. The second-order valence-corrected chi connectivity index (χ2v) is 6.35. The average Bonchev–Trinajstić information content (AvgIpc) is 2.60. The lowest BCUT2D eigenvalue weighted by atomic mass is 10.0. The van der Waals surface area contributed by atoms with Gasteiger partial charge in [-0.25, -0.2) is 4.79 Å². The fourth-order valence-electron chi connectivity index (χ4n) is 3.29. The van der Waals surface area contributed by atoms with Crippen molar-refractivity contribution >= 4 is 17.6 Å². The number of carbonyl (C=O) groups excluding carboxylic acids is 2. The molecule has 6 heteroatoms. The molecule has 2 rings (SSSR count). The summed E-state index contributed by atoms with van der Waals surface area (Å²) in [7, 11) is 2.10. The van der Waals surface area contributed by atoms with E-state index in [1.807, 2.05) is 30.0 Å². The number of anilines is 1. The van der Waals surface area contributed by atoms with Crippen LogP contribution in [0.2, 0.25) is 0 Å². The monoisotopic (exact) mass is 332 g/mol. The molecule has 1 aliphatic rings. The van der Waals surface area contributed by atoms with Crippen LogP contribution < -0.4 is 16.0 Å². The number of carbonyl (C=O) groups is 2. The number of primary amides is 1. The molecule has 1 aromatic carbocycles. The predicted octanol–water partition coefficient (Wildman–Crippen LogP) is 1.95. The van der Waals surface area contributed by atoms with Gasteiger partial charge in [0, 0.05) is 31.9 Å². The van der Waals surface area contributed by atoms with Gasteiger partial charge in [-0.05, 0) is 31.4 Å². The Morgan fingerprint density at radius 2 is 1.92 bits per heavy atom. The fraction of sp³-hybridized carbons (Fsp3) is 0.556. The summed E-state index contributed by atoms with van der Waals surface area (Å²) in [6, 6.07) is 9.57. The van der Waals surface area contributed by atoms with Gasteiger partial charge < -0.3 is 20.9 Å². The molecule has 6 nitrogen and oxygen atoms in total. The number of hydrogen-bond acceptors (Lipinski definition) is 3. The standard InChI is InChI=1S/C18H28N4O2/c1-3-7-16(20-18(19)24)17(23)22-12-10-15(11-13-22)21(2)14-8-5-4-6-9-14/h4-6,8-9,15-16H,3,7,10-13H2,1-2H3,(H3,19,20,24)/t16-/m1/s1. The molecule has 132 valence electrons. The van der Waals surface area contributed by atoms with Crippen LogP contribution in [0, 0.1) is 0 Å². The number of nitrogens with zero attached hydrogens (tertiary/aromatic N) is 2. The normalized spacial score (nSPS) is 16.5. The maximum Gasteiger partial charge on any atom is 0.312 e. The molecule has 0 spiro atoms. The van der Waals surface area contributed by atoms with Crippen LogP contribution in [-0.4, -0.2) is 49.1 Å². The minimum Gasteiger partial charge on any atom is -0.371 e. The molecule has 0 radical (unpaired) electrons. The zero-order valence-electron chi connectivity index (χ0n) is 14.6. The van der Waals surface area contributed by atoms with Gasteiger partial charge in [-0.3, -0.25) is 4.79 Å². The number of amides is 3. The molecule has 1 fully saturated rings. The van der Waals surface area contributed by atoms with Crippen molar-refractivity contribution in [1.29, 1.82) is 0 Å². The van der Waals surface area contributed by atoms with Crippen molar-refractivity contribution < 1.29 is 9.59 Å².